The molecular weight excluding hydrogens is 402 g/mol. The van der Waals surface area contributed by atoms with E-state index in [4.69, 9.17) is 23.7 Å². The van der Waals surface area contributed by atoms with Crippen LogP contribution in [-0.2, 0) is 22.5 Å². The summed E-state index contributed by atoms with van der Waals surface area (Å²) in [6.07, 6.45) is 0.150. The second-order valence-electron chi connectivity index (χ2n) is 8.49. The first kappa shape index (κ1) is 19.8. The van der Waals surface area contributed by atoms with Crippen LogP contribution >= 0.6 is 0 Å². The second-order valence-corrected chi connectivity index (χ2v) is 8.49. The molecule has 8 heteroatoms. The maximum Gasteiger partial charge on any atom is 0.303 e. The number of benzene rings is 2. The summed E-state index contributed by atoms with van der Waals surface area (Å²) in [5.74, 6) is 1.88. The van der Waals surface area contributed by atoms with Gasteiger partial charge in [0.15, 0.2) is 35.1 Å². The van der Waals surface area contributed by atoms with Crippen molar-refractivity contribution in [2.24, 2.45) is 0 Å². The van der Waals surface area contributed by atoms with Crippen LogP contribution in [0.3, 0.4) is 0 Å². The first-order valence-electron chi connectivity index (χ1n) is 10.3. The van der Waals surface area contributed by atoms with Crippen molar-refractivity contribution in [2.75, 3.05) is 34.6 Å². The predicted molar refractivity (Wildman–Crippen MR) is 109 cm³/mol. The highest BCUT2D eigenvalue weighted by Crippen LogP contribution is 2.58. The van der Waals surface area contributed by atoms with Crippen LogP contribution in [-0.4, -0.2) is 50.2 Å². The number of hydrogen-bond donors (Lipinski definition) is 1. The van der Waals surface area contributed by atoms with Gasteiger partial charge in [0.2, 0.25) is 12.5 Å². The number of aromatic hydroxyl groups is 1. The maximum atomic E-state index is 12.2. The highest BCUT2D eigenvalue weighted by molar-refractivity contribution is 5.67. The van der Waals surface area contributed by atoms with Crippen LogP contribution in [0.5, 0.6) is 28.7 Å². The predicted octanol–water partition coefficient (Wildman–Crippen LogP) is 3.00. The van der Waals surface area contributed by atoms with Crippen LogP contribution in [0.15, 0.2) is 18.2 Å². The number of phenols is 1. The molecule has 3 aliphatic rings. The monoisotopic (exact) mass is 428 g/mol. The van der Waals surface area contributed by atoms with Gasteiger partial charge in [0.25, 0.3) is 0 Å². The topological polar surface area (TPSA) is 83.5 Å². The fourth-order valence-electron chi connectivity index (χ4n) is 5.38. The zero-order chi connectivity index (χ0) is 21.9. The zero-order valence-electron chi connectivity index (χ0n) is 18.1. The summed E-state index contributed by atoms with van der Waals surface area (Å²) in [5.41, 5.74) is 3.56. The van der Waals surface area contributed by atoms with Gasteiger partial charge in [-0.3, -0.25) is 4.79 Å². The normalized spacial score (nSPS) is 25.2. The molecule has 0 spiro atoms. The highest BCUT2D eigenvalue weighted by atomic mass is 16.7. The molecule has 3 aliphatic heterocycles. The van der Waals surface area contributed by atoms with E-state index >= 15 is 0 Å². The van der Waals surface area contributed by atoms with Crippen LogP contribution in [0.2, 0.25) is 0 Å². The molecule has 0 saturated carbocycles. The number of carbonyl (C=O) groups excluding carboxylic acids is 1. The van der Waals surface area contributed by atoms with Crippen LogP contribution in [0.25, 0.3) is 0 Å². The minimum Gasteiger partial charge on any atom is -0.504 e. The van der Waals surface area contributed by atoms with Gasteiger partial charge in [0.05, 0.1) is 38.9 Å². The Hall–Kier alpha value is -3.13. The standard InChI is InChI=1S/C23H25NO7/c1-12(25)31-22-14-5-6-16(27-3)21(28-4)15(14)10-24(2)8-7-13-9-17-23(30-11-29-17)20(26)18(13)19(22)24/h5-6,9,19,22H,7-8,10-11H2,1-4H3/p+1/t19-,22+,24+/m1/s1. The Balaban J connectivity index is 1.75. The van der Waals surface area contributed by atoms with E-state index in [0.717, 1.165) is 35.2 Å². The van der Waals surface area contributed by atoms with Crippen LogP contribution in [0, 0.1) is 0 Å². The van der Waals surface area contributed by atoms with Gasteiger partial charge >= 0.3 is 5.97 Å². The Morgan fingerprint density at radius 3 is 2.74 bits per heavy atom. The Kier molecular flexibility index (Phi) is 4.44. The van der Waals surface area contributed by atoms with Gasteiger partial charge < -0.3 is 33.3 Å². The zero-order valence-corrected chi connectivity index (χ0v) is 18.1. The summed E-state index contributed by atoms with van der Waals surface area (Å²) < 4.78 is 28.7. The summed E-state index contributed by atoms with van der Waals surface area (Å²) in [6.45, 7) is 2.93. The fraction of sp³-hybridized carbons (Fsp3) is 0.435. The third-order valence-electron chi connectivity index (χ3n) is 6.71. The third-order valence-corrected chi connectivity index (χ3v) is 6.71. The molecule has 1 N–H and O–H groups in total. The summed E-state index contributed by atoms with van der Waals surface area (Å²) >= 11 is 0. The minimum absolute atomic E-state index is 0.0696. The summed E-state index contributed by atoms with van der Waals surface area (Å²) in [4.78, 5) is 12.2. The molecule has 0 amide bonds. The van der Waals surface area contributed by atoms with Gasteiger partial charge in [0, 0.05) is 18.9 Å². The molecule has 3 heterocycles. The average Bonchev–Trinajstić information content (AvgIpc) is 3.21. The number of hydrogen-bond acceptors (Lipinski definition) is 7. The lowest BCUT2D eigenvalue weighted by atomic mass is 9.79. The molecule has 0 saturated heterocycles. The van der Waals surface area contributed by atoms with Crippen molar-refractivity contribution >= 4 is 5.97 Å². The van der Waals surface area contributed by atoms with Crippen LogP contribution < -0.4 is 18.9 Å². The van der Waals surface area contributed by atoms with Crippen LogP contribution in [0.4, 0.5) is 0 Å². The quantitative estimate of drug-likeness (QED) is 0.594. The molecule has 0 unspecified atom stereocenters. The lowest BCUT2D eigenvalue weighted by molar-refractivity contribution is -0.960. The fourth-order valence-corrected chi connectivity index (χ4v) is 5.38. The van der Waals surface area contributed by atoms with E-state index in [1.807, 2.05) is 18.2 Å². The molecule has 0 aliphatic carbocycles. The molecule has 0 aromatic heterocycles. The van der Waals surface area contributed by atoms with E-state index < -0.39 is 6.10 Å². The third kappa shape index (κ3) is 2.81. The van der Waals surface area contributed by atoms with E-state index in [1.165, 1.54) is 6.92 Å². The maximum absolute atomic E-state index is 12.2. The molecule has 2 aromatic carbocycles. The SMILES string of the molecule is COc1ccc2c(c1OC)C[N@+]1(C)CCc3cc4c(c(O)c3[C@@H]1[C@H]2OC(C)=O)OCO4. The van der Waals surface area contributed by atoms with Gasteiger partial charge in [-0.1, -0.05) is 6.07 Å². The van der Waals surface area contributed by atoms with E-state index in [9.17, 15) is 9.90 Å². The van der Waals surface area contributed by atoms with E-state index in [-0.39, 0.29) is 24.6 Å². The molecule has 164 valence electrons. The Morgan fingerprint density at radius 1 is 1.23 bits per heavy atom. The van der Waals surface area contributed by atoms with Gasteiger partial charge in [-0.2, -0.15) is 0 Å². The van der Waals surface area contributed by atoms with E-state index in [0.29, 0.717) is 34.0 Å². The Labute approximate surface area is 180 Å². The number of quaternary nitrogens is 1. The smallest absolute Gasteiger partial charge is 0.303 e. The molecule has 2 aromatic rings. The average molecular weight is 428 g/mol. The van der Waals surface area contributed by atoms with Crippen molar-refractivity contribution in [3.8, 4) is 28.7 Å². The van der Waals surface area contributed by atoms with Gasteiger partial charge in [-0.05, 0) is 17.7 Å². The number of nitrogens with zero attached hydrogens (tertiary/aromatic N) is 1. The van der Waals surface area contributed by atoms with E-state index in [1.54, 1.807) is 14.2 Å². The minimum atomic E-state index is -0.601. The van der Waals surface area contributed by atoms with Crippen molar-refractivity contribution in [1.29, 1.82) is 0 Å². The molecular formula is C23H26NO7+. The van der Waals surface area contributed by atoms with E-state index in [2.05, 4.69) is 7.05 Å². The largest absolute Gasteiger partial charge is 0.504 e. The molecule has 0 radical (unpaired) electrons. The molecule has 8 nitrogen and oxygen atoms in total. The molecule has 5 rings (SSSR count). The lowest BCUT2D eigenvalue weighted by Crippen LogP contribution is -2.55. The van der Waals surface area contributed by atoms with Crippen molar-refractivity contribution in [1.82, 2.24) is 0 Å². The number of methoxy groups -OCH3 is 2. The van der Waals surface area contributed by atoms with Gasteiger partial charge in [0.1, 0.15) is 6.54 Å². The molecule has 0 fully saturated rings. The number of phenolic OH excluding ortho intramolecular Hbond substituents is 1. The first-order chi connectivity index (χ1) is 14.9. The Morgan fingerprint density at radius 2 is 2.03 bits per heavy atom. The highest BCUT2D eigenvalue weighted by Gasteiger charge is 2.53. The van der Waals surface area contributed by atoms with Crippen molar-refractivity contribution in [2.45, 2.75) is 32.0 Å². The van der Waals surface area contributed by atoms with Gasteiger partial charge in [-0.25, -0.2) is 0 Å². The first-order valence-corrected chi connectivity index (χ1v) is 10.3. The van der Waals surface area contributed by atoms with Crippen LogP contribution in [0.1, 0.15) is 41.3 Å². The van der Waals surface area contributed by atoms with Gasteiger partial charge in [-0.15, -0.1) is 0 Å². The number of rotatable bonds is 3. The molecule has 0 bridgehead atoms. The number of esters is 1. The lowest BCUT2D eigenvalue weighted by Gasteiger charge is -2.51. The number of ether oxygens (including phenoxy) is 5. The Bertz CT molecular complexity index is 1080. The van der Waals surface area contributed by atoms with Crippen molar-refractivity contribution in [3.63, 3.8) is 0 Å². The number of fused-ring (bicyclic) bond motifs is 5. The summed E-state index contributed by atoms with van der Waals surface area (Å²) in [6, 6.07) is 5.39. The molecule has 31 heavy (non-hydrogen) atoms. The second kappa shape index (κ2) is 6.95. The van der Waals surface area contributed by atoms with Crippen molar-refractivity contribution < 1.29 is 38.1 Å². The van der Waals surface area contributed by atoms with Crippen molar-refractivity contribution in [3.05, 3.63) is 40.5 Å². The number of carbonyl (C=O) groups is 1. The number of likely N-dealkylation sites (N-methyl/N-ethyl adjacent to an activating group) is 1. The summed E-state index contributed by atoms with van der Waals surface area (Å²) in [7, 11) is 5.34. The summed E-state index contributed by atoms with van der Waals surface area (Å²) in [5, 5.41) is 11.2. The molecule has 3 atom stereocenters.